The second-order valence-corrected chi connectivity index (χ2v) is 23.6. The minimum atomic E-state index is -4.02. The second kappa shape index (κ2) is 23.0. The quantitative estimate of drug-likeness (QED) is 0.111. The van der Waals surface area contributed by atoms with E-state index >= 15 is 0 Å². The summed E-state index contributed by atoms with van der Waals surface area (Å²) in [6, 6.07) is 36.0. The van der Waals surface area contributed by atoms with Crippen LogP contribution in [0, 0.1) is 18.9 Å². The van der Waals surface area contributed by atoms with Gasteiger partial charge in [0.05, 0.1) is 11.0 Å². The van der Waals surface area contributed by atoms with E-state index in [-0.39, 0.29) is 72.7 Å². The summed E-state index contributed by atoms with van der Waals surface area (Å²) in [6.07, 6.45) is 4.81. The van der Waals surface area contributed by atoms with E-state index in [1.165, 1.54) is 77.8 Å². The van der Waals surface area contributed by atoms with Crippen molar-refractivity contribution in [2.24, 2.45) is 5.92 Å². The van der Waals surface area contributed by atoms with Crippen LogP contribution in [0.2, 0.25) is 0 Å². The van der Waals surface area contributed by atoms with Gasteiger partial charge in [-0.15, -0.1) is 0 Å². The van der Waals surface area contributed by atoms with Crippen molar-refractivity contribution in [1.29, 1.82) is 0 Å². The van der Waals surface area contributed by atoms with Crippen molar-refractivity contribution in [2.75, 3.05) is 7.11 Å². The van der Waals surface area contributed by atoms with E-state index in [4.69, 9.17) is 9.29 Å². The van der Waals surface area contributed by atoms with Crippen molar-refractivity contribution in [2.45, 2.75) is 149 Å². The summed E-state index contributed by atoms with van der Waals surface area (Å²) in [4.78, 5) is -0.0666. The van der Waals surface area contributed by atoms with Gasteiger partial charge in [-0.1, -0.05) is 195 Å². The van der Waals surface area contributed by atoms with Gasteiger partial charge in [0.15, 0.2) is 0 Å². The summed E-state index contributed by atoms with van der Waals surface area (Å²) >= 11 is 3.58. The van der Waals surface area contributed by atoms with Gasteiger partial charge in [0.2, 0.25) is 0 Å². The average Bonchev–Trinajstić information content (AvgIpc) is 3.72. The molecule has 0 heterocycles. The van der Waals surface area contributed by atoms with Gasteiger partial charge < -0.3 is 21.7 Å². The molecule has 0 bridgehead atoms. The smallest absolute Gasteiger partial charge is 1.00 e. The van der Waals surface area contributed by atoms with Gasteiger partial charge in [-0.05, 0) is 106 Å². The van der Waals surface area contributed by atoms with Crippen molar-refractivity contribution in [1.82, 2.24) is 0 Å². The Morgan fingerprint density at radius 1 is 0.688 bits per heavy atom. The fourth-order valence-corrected chi connectivity index (χ4v) is 8.68. The van der Waals surface area contributed by atoms with Crippen LogP contribution in [-0.4, -0.2) is 43.1 Å². The maximum atomic E-state index is 10.5. The first-order valence-electron chi connectivity index (χ1n) is 21.8. The molecule has 2 aliphatic carbocycles. The largest absolute Gasteiger partial charge is 2.00 e. The van der Waals surface area contributed by atoms with Gasteiger partial charge in [0, 0.05) is 11.6 Å². The van der Waals surface area contributed by atoms with E-state index in [0.717, 1.165) is 18.4 Å². The number of rotatable bonds is 3. The number of aryl methyl sites for hydroxylation is 1. The number of benzene rings is 5. The molecule has 4 nitrogen and oxygen atoms in total. The summed E-state index contributed by atoms with van der Waals surface area (Å²) in [5.41, 5.74) is 17.2. The molecular weight excluding hydrogens is 953 g/mol. The van der Waals surface area contributed by atoms with E-state index in [1.807, 2.05) is 6.92 Å². The zero-order chi connectivity index (χ0) is 46.6. The van der Waals surface area contributed by atoms with Gasteiger partial charge in [0.1, 0.15) is 0 Å². The third kappa shape index (κ3) is 15.8. The molecule has 0 spiro atoms. The van der Waals surface area contributed by atoms with Crippen molar-refractivity contribution in [3.63, 3.8) is 0 Å². The molecule has 7 rings (SSSR count). The summed E-state index contributed by atoms with van der Waals surface area (Å²) < 4.78 is 36.3. The second-order valence-electron chi connectivity index (χ2n) is 21.3. The van der Waals surface area contributed by atoms with Crippen molar-refractivity contribution in [3.05, 3.63) is 163 Å². The fraction of sp³-hybridized carbons (Fsp3) is 0.429. The van der Waals surface area contributed by atoms with Gasteiger partial charge >= 0.3 is 23.1 Å². The average molecular weight is 1030 g/mol. The molecule has 1 N–H and O–H groups in total. The Morgan fingerprint density at radius 2 is 1.17 bits per heavy atom. The summed E-state index contributed by atoms with van der Waals surface area (Å²) in [5.74, 6) is 0.596. The minimum Gasteiger partial charge on any atom is -1.00 e. The van der Waals surface area contributed by atoms with Gasteiger partial charge in [0.25, 0.3) is 10.1 Å². The molecule has 2 unspecified atom stereocenters. The molecule has 0 saturated heterocycles. The summed E-state index contributed by atoms with van der Waals surface area (Å²) in [5, 5.41) is 0. The van der Waals surface area contributed by atoms with Crippen LogP contribution in [0.15, 0.2) is 112 Å². The number of hydrogen-bond donors (Lipinski definition) is 1. The Bertz CT molecular complexity index is 2400. The Kier molecular flexibility index (Phi) is 20.6. The topological polar surface area (TPSA) is 63.6 Å². The predicted molar refractivity (Wildman–Crippen MR) is 273 cm³/mol. The maximum absolute atomic E-state index is 10.5. The first-order valence-corrected chi connectivity index (χ1v) is 24.1. The van der Waals surface area contributed by atoms with Crippen LogP contribution in [0.4, 0.5) is 0 Å². The third-order valence-electron chi connectivity index (χ3n) is 11.6. The number of ether oxygens (including phenoxy) is 1. The van der Waals surface area contributed by atoms with Crippen LogP contribution in [-0.2, 0) is 49.4 Å². The molecule has 0 aromatic heterocycles. The molecule has 0 aliphatic heterocycles. The number of fused-ring (bicyclic) bond motifs is 2. The number of allylic oxidation sites excluding steroid dienone is 1. The zero-order valence-corrected chi connectivity index (χ0v) is 46.8. The zero-order valence-electron chi connectivity index (χ0n) is 41.4. The Labute approximate surface area is 423 Å². The standard InChI is InChI=1S/C24H30.C14H21.C11H13BrO.C7H8O3S.BrH.Mg/c1-16-11-17-9-8-10-21(22(17)12-16)18-13-19(23(2,3)4)15-20(14-18)24(5,6)7;1-13(2,3)11-8-7-9-12(10-11)14(4,5)6;1-7-6-9-8(11(7)13-2)4-3-5-10(9)12;1-6-2-4-7(5-3-6)11(8,9)10;;/h8-11,13-15H,12H2,1-7H3;8-10H,1-6H3;3-5,7,11H,6H2,1-2H3;2-5H,1H3,(H,8,9,10);1H;/q;-1;;;;+2/p-1. The van der Waals surface area contributed by atoms with Crippen LogP contribution in [0.1, 0.15) is 153 Å². The summed E-state index contributed by atoms with van der Waals surface area (Å²) in [6.45, 7) is 33.6. The molecule has 0 radical (unpaired) electrons. The number of methoxy groups -OCH3 is 1. The predicted octanol–water partition coefficient (Wildman–Crippen LogP) is 12.2. The molecule has 0 saturated carbocycles. The van der Waals surface area contributed by atoms with Crippen LogP contribution in [0.5, 0.6) is 0 Å². The Morgan fingerprint density at radius 3 is 1.64 bits per heavy atom. The van der Waals surface area contributed by atoms with E-state index < -0.39 is 10.1 Å². The molecule has 5 aromatic rings. The monoisotopic (exact) mass is 1020 g/mol. The van der Waals surface area contributed by atoms with Crippen LogP contribution in [0.25, 0.3) is 17.2 Å². The molecular formula is C56H72Br2MgO4S. The maximum Gasteiger partial charge on any atom is 2.00 e. The number of halogens is 2. The molecule has 64 heavy (non-hydrogen) atoms. The summed E-state index contributed by atoms with van der Waals surface area (Å²) in [7, 11) is -2.23. The fourth-order valence-electron chi connectivity index (χ4n) is 7.65. The third-order valence-corrected chi connectivity index (χ3v) is 13.3. The van der Waals surface area contributed by atoms with Crippen molar-refractivity contribution < 1.29 is 34.7 Å². The molecule has 0 fully saturated rings. The number of hydrogen-bond acceptors (Lipinski definition) is 3. The Hall–Kier alpha value is -2.56. The van der Waals surface area contributed by atoms with Crippen LogP contribution in [0.3, 0.4) is 0 Å². The van der Waals surface area contributed by atoms with Gasteiger partial charge in [-0.25, -0.2) is 0 Å². The van der Waals surface area contributed by atoms with Crippen LogP contribution < -0.4 is 17.0 Å². The normalized spacial score (nSPS) is 15.6. The Balaban J connectivity index is 0.000000306. The van der Waals surface area contributed by atoms with E-state index in [0.29, 0.717) is 5.92 Å². The van der Waals surface area contributed by atoms with Gasteiger partial charge in [-0.3, -0.25) is 4.55 Å². The van der Waals surface area contributed by atoms with E-state index in [1.54, 1.807) is 19.2 Å². The molecule has 2 atom stereocenters. The van der Waals surface area contributed by atoms with Gasteiger partial charge in [-0.2, -0.15) is 43.8 Å². The van der Waals surface area contributed by atoms with Crippen molar-refractivity contribution >= 4 is 55.2 Å². The first-order chi connectivity index (χ1) is 28.5. The SMILES string of the molecule is CC(C)(C)c1c[c-]cc(C(C)(C)C)c1.CC1=Cc2cccc(-c3cc(C(C)(C)C)cc(C(C)(C)C)c3)c2C1.COC1c2cccc(Br)c2CC1C.Cc1ccc(S(=O)(=O)O)cc1.[Br-].[Mg+2]. The molecule has 2 aliphatic rings. The van der Waals surface area contributed by atoms with E-state index in [9.17, 15) is 8.42 Å². The molecule has 5 aromatic carbocycles. The van der Waals surface area contributed by atoms with E-state index in [2.05, 4.69) is 198 Å². The molecule has 8 heteroatoms. The first kappa shape index (κ1) is 57.6. The minimum absolute atomic E-state index is 0. The van der Waals surface area contributed by atoms with Crippen molar-refractivity contribution in [3.8, 4) is 11.1 Å². The molecule has 0 amide bonds. The molecule has 342 valence electrons. The van der Waals surface area contributed by atoms with Crippen LogP contribution >= 0.6 is 15.9 Å².